The summed E-state index contributed by atoms with van der Waals surface area (Å²) in [5, 5.41) is 10.6. The third-order valence-electron chi connectivity index (χ3n) is 5.55. The monoisotopic (exact) mass is 397 g/mol. The molecule has 2 aromatic rings. The predicted molar refractivity (Wildman–Crippen MR) is 114 cm³/mol. The normalized spacial score (nSPS) is 15.3. The van der Waals surface area contributed by atoms with Gasteiger partial charge in [0.15, 0.2) is 0 Å². The first-order valence-corrected chi connectivity index (χ1v) is 10.2. The van der Waals surface area contributed by atoms with E-state index in [9.17, 15) is 9.59 Å². The molecule has 7 nitrogen and oxygen atoms in total. The number of rotatable bonds is 6. The Morgan fingerprint density at radius 2 is 1.76 bits per heavy atom. The molecule has 0 atom stereocenters. The fourth-order valence-corrected chi connectivity index (χ4v) is 3.78. The first kappa shape index (κ1) is 21.0. The van der Waals surface area contributed by atoms with Crippen molar-refractivity contribution in [2.75, 3.05) is 31.5 Å². The van der Waals surface area contributed by atoms with Gasteiger partial charge in [0, 0.05) is 13.5 Å². The first-order valence-electron chi connectivity index (χ1n) is 10.2. The molecule has 156 valence electrons. The number of benzene rings is 1. The van der Waals surface area contributed by atoms with Gasteiger partial charge in [-0.05, 0) is 64.8 Å². The highest BCUT2D eigenvalue weighted by molar-refractivity contribution is 5.93. The Kier molecular flexibility index (Phi) is 6.69. The molecular weight excluding hydrogens is 366 g/mol. The maximum absolute atomic E-state index is 12.6. The van der Waals surface area contributed by atoms with Crippen LogP contribution >= 0.6 is 0 Å². The maximum Gasteiger partial charge on any atom is 0.238 e. The number of hydrogen-bond acceptors (Lipinski definition) is 4. The lowest BCUT2D eigenvalue weighted by atomic mass is 9.97. The van der Waals surface area contributed by atoms with Crippen LogP contribution in [0.25, 0.3) is 5.69 Å². The van der Waals surface area contributed by atoms with Gasteiger partial charge in [0.2, 0.25) is 11.8 Å². The van der Waals surface area contributed by atoms with Crippen LogP contribution in [0.2, 0.25) is 0 Å². The van der Waals surface area contributed by atoms with E-state index in [2.05, 4.69) is 39.7 Å². The standard InChI is InChI=1S/C22H31N5O2/c1-15-5-7-20(8-6-15)27-17(3)22(16(2)25-27)24-21(29)14-26-11-9-19(10-12-26)13-23-18(4)28/h5-8,19H,9-14H2,1-4H3,(H,23,28)(H,24,29). The summed E-state index contributed by atoms with van der Waals surface area (Å²) in [5.74, 6) is 0.499. The van der Waals surface area contributed by atoms with Crippen molar-refractivity contribution >= 4 is 17.5 Å². The van der Waals surface area contributed by atoms with Crippen molar-refractivity contribution in [2.24, 2.45) is 5.92 Å². The van der Waals surface area contributed by atoms with Crippen LogP contribution in [-0.2, 0) is 9.59 Å². The van der Waals surface area contributed by atoms with Crippen LogP contribution < -0.4 is 10.6 Å². The molecule has 0 spiro atoms. The van der Waals surface area contributed by atoms with Crippen molar-refractivity contribution in [3.8, 4) is 5.69 Å². The molecule has 29 heavy (non-hydrogen) atoms. The summed E-state index contributed by atoms with van der Waals surface area (Å²) in [6.45, 7) is 10.3. The van der Waals surface area contributed by atoms with E-state index in [0.717, 1.165) is 55.2 Å². The molecule has 0 unspecified atom stereocenters. The zero-order chi connectivity index (χ0) is 21.0. The highest BCUT2D eigenvalue weighted by Crippen LogP contribution is 2.23. The minimum Gasteiger partial charge on any atom is -0.356 e. The van der Waals surface area contributed by atoms with Gasteiger partial charge >= 0.3 is 0 Å². The molecule has 1 aliphatic heterocycles. The topological polar surface area (TPSA) is 79.3 Å². The minimum absolute atomic E-state index is 0.0139. The number of carbonyl (C=O) groups is 2. The van der Waals surface area contributed by atoms with Gasteiger partial charge < -0.3 is 10.6 Å². The molecule has 1 fully saturated rings. The van der Waals surface area contributed by atoms with E-state index < -0.39 is 0 Å². The van der Waals surface area contributed by atoms with Gasteiger partial charge in [0.1, 0.15) is 0 Å². The molecule has 1 aromatic carbocycles. The van der Waals surface area contributed by atoms with Gasteiger partial charge in [0.25, 0.3) is 0 Å². The molecule has 0 radical (unpaired) electrons. The third kappa shape index (κ3) is 5.44. The average molecular weight is 398 g/mol. The number of anilines is 1. The van der Waals surface area contributed by atoms with Crippen molar-refractivity contribution in [2.45, 2.75) is 40.5 Å². The van der Waals surface area contributed by atoms with Gasteiger partial charge in [0.05, 0.1) is 29.3 Å². The lowest BCUT2D eigenvalue weighted by Crippen LogP contribution is -2.41. The Morgan fingerprint density at radius 3 is 2.38 bits per heavy atom. The number of aromatic nitrogens is 2. The molecule has 0 saturated carbocycles. The van der Waals surface area contributed by atoms with Gasteiger partial charge in [-0.2, -0.15) is 5.10 Å². The molecule has 0 bridgehead atoms. The summed E-state index contributed by atoms with van der Waals surface area (Å²) in [4.78, 5) is 25.9. The van der Waals surface area contributed by atoms with Crippen molar-refractivity contribution < 1.29 is 9.59 Å². The molecule has 0 aliphatic carbocycles. The van der Waals surface area contributed by atoms with Crippen molar-refractivity contribution in [3.05, 3.63) is 41.2 Å². The van der Waals surface area contributed by atoms with E-state index in [1.54, 1.807) is 6.92 Å². The van der Waals surface area contributed by atoms with Crippen molar-refractivity contribution in [1.29, 1.82) is 0 Å². The van der Waals surface area contributed by atoms with E-state index in [1.807, 2.05) is 30.7 Å². The molecule has 2 N–H and O–H groups in total. The van der Waals surface area contributed by atoms with E-state index in [0.29, 0.717) is 12.5 Å². The van der Waals surface area contributed by atoms with Gasteiger partial charge in [-0.15, -0.1) is 0 Å². The Balaban J connectivity index is 1.56. The van der Waals surface area contributed by atoms with Crippen LogP contribution in [0.4, 0.5) is 5.69 Å². The molecule has 1 aliphatic rings. The second-order valence-corrected chi connectivity index (χ2v) is 8.00. The summed E-state index contributed by atoms with van der Waals surface area (Å²) in [5.41, 5.74) is 4.71. The SMILES string of the molecule is CC(=O)NCC1CCN(CC(=O)Nc2c(C)nn(-c3ccc(C)cc3)c2C)CC1. The molecule has 1 saturated heterocycles. The number of aryl methyl sites for hydroxylation is 2. The Labute approximate surface area is 172 Å². The van der Waals surface area contributed by atoms with Crippen LogP contribution in [0.15, 0.2) is 24.3 Å². The number of amides is 2. The predicted octanol–water partition coefficient (Wildman–Crippen LogP) is 2.58. The zero-order valence-electron chi connectivity index (χ0n) is 17.8. The molecule has 1 aromatic heterocycles. The van der Waals surface area contributed by atoms with Gasteiger partial charge in [-0.1, -0.05) is 17.7 Å². The summed E-state index contributed by atoms with van der Waals surface area (Å²) in [6.07, 6.45) is 1.99. The van der Waals surface area contributed by atoms with Crippen LogP contribution in [0, 0.1) is 26.7 Å². The second kappa shape index (κ2) is 9.22. The highest BCUT2D eigenvalue weighted by Gasteiger charge is 2.22. The first-order chi connectivity index (χ1) is 13.8. The maximum atomic E-state index is 12.6. The zero-order valence-corrected chi connectivity index (χ0v) is 17.8. The van der Waals surface area contributed by atoms with Crippen LogP contribution in [0.1, 0.15) is 36.7 Å². The van der Waals surface area contributed by atoms with Crippen LogP contribution in [-0.4, -0.2) is 52.7 Å². The van der Waals surface area contributed by atoms with E-state index in [4.69, 9.17) is 0 Å². The van der Waals surface area contributed by atoms with Crippen LogP contribution in [0.5, 0.6) is 0 Å². The quantitative estimate of drug-likeness (QED) is 0.785. The van der Waals surface area contributed by atoms with Gasteiger partial charge in [-0.3, -0.25) is 14.5 Å². The molecule has 2 amide bonds. The average Bonchev–Trinajstić information content (AvgIpc) is 2.96. The van der Waals surface area contributed by atoms with Crippen LogP contribution in [0.3, 0.4) is 0 Å². The van der Waals surface area contributed by atoms with Crippen molar-refractivity contribution in [3.63, 3.8) is 0 Å². The fourth-order valence-electron chi connectivity index (χ4n) is 3.78. The summed E-state index contributed by atoms with van der Waals surface area (Å²) < 4.78 is 1.87. The number of nitrogens with zero attached hydrogens (tertiary/aromatic N) is 3. The Morgan fingerprint density at radius 1 is 1.10 bits per heavy atom. The Bertz CT molecular complexity index is 864. The minimum atomic E-state index is -0.0139. The number of likely N-dealkylation sites (tertiary alicyclic amines) is 1. The summed E-state index contributed by atoms with van der Waals surface area (Å²) >= 11 is 0. The van der Waals surface area contributed by atoms with Gasteiger partial charge in [-0.25, -0.2) is 4.68 Å². The number of carbonyl (C=O) groups excluding carboxylic acids is 2. The summed E-state index contributed by atoms with van der Waals surface area (Å²) in [7, 11) is 0. The molecule has 3 rings (SSSR count). The lowest BCUT2D eigenvalue weighted by molar-refractivity contribution is -0.119. The Hall–Kier alpha value is -2.67. The largest absolute Gasteiger partial charge is 0.356 e. The highest BCUT2D eigenvalue weighted by atomic mass is 16.2. The number of hydrogen-bond donors (Lipinski definition) is 2. The molecule has 7 heteroatoms. The number of nitrogens with one attached hydrogen (secondary N) is 2. The second-order valence-electron chi connectivity index (χ2n) is 8.00. The third-order valence-corrected chi connectivity index (χ3v) is 5.55. The molecular formula is C22H31N5O2. The van der Waals surface area contributed by atoms with E-state index in [-0.39, 0.29) is 11.8 Å². The van der Waals surface area contributed by atoms with E-state index >= 15 is 0 Å². The lowest BCUT2D eigenvalue weighted by Gasteiger charge is -2.31. The molecule has 2 heterocycles. The smallest absolute Gasteiger partial charge is 0.238 e. The van der Waals surface area contributed by atoms with E-state index in [1.165, 1.54) is 5.56 Å². The number of piperidine rings is 1. The fraction of sp³-hybridized carbons (Fsp3) is 0.500. The summed E-state index contributed by atoms with van der Waals surface area (Å²) in [6, 6.07) is 8.18. The van der Waals surface area contributed by atoms with Crippen molar-refractivity contribution in [1.82, 2.24) is 20.0 Å².